The van der Waals surface area contributed by atoms with E-state index in [0.717, 1.165) is 7.05 Å². The van der Waals surface area contributed by atoms with Gasteiger partial charge in [0.1, 0.15) is 5.78 Å². The zero-order valence-corrected chi connectivity index (χ0v) is 15.1. The first-order chi connectivity index (χ1) is 9.44. The number of hydrogen-bond donors (Lipinski definition) is 0. The first-order valence-electron chi connectivity index (χ1n) is 6.24. The summed E-state index contributed by atoms with van der Waals surface area (Å²) in [5.74, 6) is 5.53. The highest BCUT2D eigenvalue weighted by molar-refractivity contribution is 5.72. The second-order valence-electron chi connectivity index (χ2n) is 4.07. The average Bonchev–Trinajstić information content (AvgIpc) is 2.28. The Labute approximate surface area is 130 Å². The van der Waals surface area contributed by atoms with Gasteiger partial charge in [-0.3, -0.25) is 10.1 Å². The number of nitro groups is 1. The van der Waals surface area contributed by atoms with Gasteiger partial charge < -0.3 is 4.79 Å². The molecule has 0 heterocycles. The Bertz CT molecular complexity index is 337. The molecule has 5 nitrogen and oxygen atoms in total. The molecule has 0 aliphatic rings. The molecule has 0 bridgehead atoms. The minimum Gasteiger partial charge on any atom is -0.300 e. The van der Waals surface area contributed by atoms with E-state index >= 15 is 0 Å². The molecular formula is C16H30N2O3. The van der Waals surface area contributed by atoms with Crippen LogP contribution in [-0.4, -0.2) is 17.8 Å². The van der Waals surface area contributed by atoms with Crippen LogP contribution in [-0.2, 0) is 4.79 Å². The van der Waals surface area contributed by atoms with Crippen molar-refractivity contribution in [1.82, 2.24) is 0 Å². The topological polar surface area (TPSA) is 84.0 Å². The Kier molecular flexibility index (Phi) is 45.8. The molecule has 0 unspecified atom stereocenters. The van der Waals surface area contributed by atoms with Crippen LogP contribution in [0.2, 0.25) is 0 Å². The number of rotatable bonds is 0. The molecule has 0 aliphatic heterocycles. The fourth-order valence-corrected chi connectivity index (χ4v) is 0. The summed E-state index contributed by atoms with van der Waals surface area (Å²) < 4.78 is 0. The summed E-state index contributed by atoms with van der Waals surface area (Å²) in [6, 6.07) is 1.75. The third-order valence-corrected chi connectivity index (χ3v) is 1.25. The van der Waals surface area contributed by atoms with Crippen molar-refractivity contribution in [2.75, 3.05) is 7.05 Å². The average molecular weight is 298 g/mol. The van der Waals surface area contributed by atoms with E-state index in [1.54, 1.807) is 6.07 Å². The molecule has 0 aromatic heterocycles. The van der Waals surface area contributed by atoms with Crippen molar-refractivity contribution < 1.29 is 9.72 Å². The molecule has 0 aromatic rings. The van der Waals surface area contributed by atoms with Crippen molar-refractivity contribution in [1.29, 1.82) is 5.26 Å². The normalized spacial score (nSPS) is 5.76. The Morgan fingerprint density at radius 3 is 1.00 bits per heavy atom. The van der Waals surface area contributed by atoms with Gasteiger partial charge in [0, 0.05) is 11.8 Å². The lowest BCUT2D eigenvalue weighted by Gasteiger charge is -1.88. The van der Waals surface area contributed by atoms with E-state index in [4.69, 9.17) is 15.4 Å². The number of nitriles is 1. The third kappa shape index (κ3) is 549. The van der Waals surface area contributed by atoms with Crippen LogP contribution in [0.1, 0.15) is 62.3 Å². The highest BCUT2D eigenvalue weighted by Gasteiger charge is 1.75. The molecule has 0 fully saturated rings. The highest BCUT2D eigenvalue weighted by Crippen LogP contribution is 1.96. The molecule has 0 aromatic carbocycles. The lowest BCUT2D eigenvalue weighted by atomic mass is 10.2. The summed E-state index contributed by atoms with van der Waals surface area (Å²) in [6.07, 6.45) is 0. The molecule has 0 radical (unpaired) electrons. The van der Waals surface area contributed by atoms with Crippen molar-refractivity contribution in [3.63, 3.8) is 0 Å². The van der Waals surface area contributed by atoms with Crippen LogP contribution in [0.15, 0.2) is 11.1 Å². The molecule has 0 spiro atoms. The molecule has 0 N–H and O–H groups in total. The molecule has 0 aliphatic carbocycles. The summed E-state index contributed by atoms with van der Waals surface area (Å²) >= 11 is 0. The minimum absolute atomic E-state index is 0.167. The Morgan fingerprint density at radius 1 is 0.905 bits per heavy atom. The maximum absolute atomic E-state index is 9.44. The van der Waals surface area contributed by atoms with Crippen molar-refractivity contribution >= 4 is 5.78 Å². The van der Waals surface area contributed by atoms with Gasteiger partial charge in [-0.05, 0) is 55.4 Å². The monoisotopic (exact) mass is 298 g/mol. The predicted molar refractivity (Wildman–Crippen MR) is 89.4 cm³/mol. The first kappa shape index (κ1) is 31.3. The molecule has 21 heavy (non-hydrogen) atoms. The van der Waals surface area contributed by atoms with Gasteiger partial charge in [-0.1, -0.05) is 11.1 Å². The van der Waals surface area contributed by atoms with E-state index in [9.17, 15) is 4.79 Å². The Morgan fingerprint density at radius 2 is 1.00 bits per heavy atom. The summed E-state index contributed by atoms with van der Waals surface area (Å²) in [6.45, 7) is 16.6. The number of ketones is 1. The van der Waals surface area contributed by atoms with Crippen LogP contribution in [0, 0.1) is 33.3 Å². The van der Waals surface area contributed by atoms with Crippen LogP contribution < -0.4 is 0 Å². The van der Waals surface area contributed by atoms with E-state index < -0.39 is 4.92 Å². The van der Waals surface area contributed by atoms with Gasteiger partial charge >= 0.3 is 0 Å². The lowest BCUT2D eigenvalue weighted by Crippen LogP contribution is -1.79. The number of hydrogen-bond acceptors (Lipinski definition) is 4. The standard InChI is InChI=1S/C6H12.C4H6.C3H6O.C2H3N.CH3NO2/c1-5(2)6(3)4;1-3-4-2;1-3(2)4;1-2-3;1-2(3)4/h1-4H3;2*1-2H3;1H3;1H3. The van der Waals surface area contributed by atoms with Crippen molar-refractivity contribution in [3.05, 3.63) is 21.3 Å². The number of Topliss-reactive ketones (excluding diaryl/α,β-unsaturated/α-hetero) is 1. The van der Waals surface area contributed by atoms with E-state index in [-0.39, 0.29) is 5.78 Å². The van der Waals surface area contributed by atoms with Gasteiger partial charge in [0.25, 0.3) is 0 Å². The lowest BCUT2D eigenvalue weighted by molar-refractivity contribution is -0.445. The van der Waals surface area contributed by atoms with Crippen molar-refractivity contribution in [2.24, 2.45) is 0 Å². The summed E-state index contributed by atoms with van der Waals surface area (Å²) in [5.41, 5.74) is 2.85. The Balaban J connectivity index is -0.0000000519. The van der Waals surface area contributed by atoms with Gasteiger partial charge in [-0.15, -0.1) is 11.8 Å². The third-order valence-electron chi connectivity index (χ3n) is 1.25. The smallest absolute Gasteiger partial charge is 0.194 e. The van der Waals surface area contributed by atoms with Crippen LogP contribution >= 0.6 is 0 Å². The molecule has 0 saturated heterocycles. The second kappa shape index (κ2) is 30.7. The predicted octanol–water partition coefficient (Wildman–Crippen LogP) is 4.41. The molecule has 0 rings (SSSR count). The van der Waals surface area contributed by atoms with Gasteiger partial charge in [-0.2, -0.15) is 5.26 Å². The van der Waals surface area contributed by atoms with Crippen LogP contribution in [0.4, 0.5) is 0 Å². The number of carbonyl (C=O) groups excluding carboxylic acids is 1. The molecule has 0 saturated carbocycles. The molecule has 0 atom stereocenters. The van der Waals surface area contributed by atoms with Crippen LogP contribution in [0.3, 0.4) is 0 Å². The number of allylic oxidation sites excluding steroid dienone is 2. The van der Waals surface area contributed by atoms with E-state index in [1.165, 1.54) is 31.9 Å². The summed E-state index contributed by atoms with van der Waals surface area (Å²) in [4.78, 5) is 17.8. The quantitative estimate of drug-likeness (QED) is 0.287. The summed E-state index contributed by atoms with van der Waals surface area (Å²) in [7, 11) is 0.889. The fourth-order valence-electron chi connectivity index (χ4n) is 0. The van der Waals surface area contributed by atoms with Gasteiger partial charge in [-0.25, -0.2) is 0 Å². The van der Waals surface area contributed by atoms with Crippen LogP contribution in [0.5, 0.6) is 0 Å². The first-order valence-corrected chi connectivity index (χ1v) is 6.24. The van der Waals surface area contributed by atoms with Crippen molar-refractivity contribution in [2.45, 2.75) is 62.3 Å². The molecule has 0 amide bonds. The highest BCUT2D eigenvalue weighted by atomic mass is 16.6. The van der Waals surface area contributed by atoms with Crippen LogP contribution in [0.25, 0.3) is 0 Å². The van der Waals surface area contributed by atoms with E-state index in [1.807, 2.05) is 13.8 Å². The largest absolute Gasteiger partial charge is 0.300 e. The van der Waals surface area contributed by atoms with Gasteiger partial charge in [0.2, 0.25) is 0 Å². The van der Waals surface area contributed by atoms with E-state index in [0.29, 0.717) is 0 Å². The minimum atomic E-state index is -0.500. The molecular weight excluding hydrogens is 268 g/mol. The fraction of sp³-hybridized carbons (Fsp3) is 0.625. The van der Waals surface area contributed by atoms with Gasteiger partial charge in [0.15, 0.2) is 7.05 Å². The zero-order chi connectivity index (χ0) is 18.4. The maximum atomic E-state index is 9.44. The molecule has 122 valence electrons. The molecule has 5 heteroatoms. The Hall–Kier alpha value is -2.14. The SMILES string of the molecule is CC#CC.CC#N.CC(C)=C(C)C.CC(C)=O.C[N+](=O)[O-]. The summed E-state index contributed by atoms with van der Waals surface area (Å²) in [5, 5.41) is 16.1. The van der Waals surface area contributed by atoms with Crippen molar-refractivity contribution in [3.8, 4) is 17.9 Å². The van der Waals surface area contributed by atoms with E-state index in [2.05, 4.69) is 39.5 Å². The maximum Gasteiger partial charge on any atom is 0.194 e. The van der Waals surface area contributed by atoms with Gasteiger partial charge in [0.05, 0.1) is 6.07 Å². The zero-order valence-electron chi connectivity index (χ0n) is 15.1. The number of carbonyl (C=O) groups is 1. The number of nitrogens with zero attached hydrogens (tertiary/aromatic N) is 2. The second-order valence-corrected chi connectivity index (χ2v) is 4.07.